The van der Waals surface area contributed by atoms with E-state index in [-0.39, 0.29) is 23.8 Å². The number of likely N-dealkylation sites (tertiary alicyclic amines) is 1. The Morgan fingerprint density at radius 3 is 3.04 bits per heavy atom. The van der Waals surface area contributed by atoms with Gasteiger partial charge in [-0.05, 0) is 31.9 Å². The van der Waals surface area contributed by atoms with Gasteiger partial charge in [0.15, 0.2) is 5.82 Å². The van der Waals surface area contributed by atoms with Gasteiger partial charge in [0, 0.05) is 43.9 Å². The van der Waals surface area contributed by atoms with E-state index in [1.165, 1.54) is 0 Å². The maximum absolute atomic E-state index is 12.8. The summed E-state index contributed by atoms with van der Waals surface area (Å²) in [6.45, 7) is 5.16. The van der Waals surface area contributed by atoms with Crippen molar-refractivity contribution in [3.63, 3.8) is 0 Å². The number of furan rings is 1. The molecule has 2 saturated heterocycles. The highest BCUT2D eigenvalue weighted by molar-refractivity contribution is 5.91. The molecule has 1 N–H and O–H groups in total. The van der Waals surface area contributed by atoms with E-state index in [1.807, 2.05) is 19.1 Å². The van der Waals surface area contributed by atoms with E-state index in [2.05, 4.69) is 20.2 Å². The first-order valence-corrected chi connectivity index (χ1v) is 9.15. The molecule has 0 aromatic carbocycles. The van der Waals surface area contributed by atoms with Gasteiger partial charge in [-0.3, -0.25) is 14.7 Å². The van der Waals surface area contributed by atoms with Gasteiger partial charge in [-0.25, -0.2) is 4.98 Å². The molecule has 2 fully saturated rings. The number of nitrogens with zero attached hydrogens (tertiary/aromatic N) is 3. The molecule has 26 heavy (non-hydrogen) atoms. The summed E-state index contributed by atoms with van der Waals surface area (Å²) in [5.41, 5.74) is 0. The van der Waals surface area contributed by atoms with Crippen LogP contribution >= 0.6 is 0 Å². The molecule has 2 aromatic heterocycles. The first-order valence-electron chi connectivity index (χ1n) is 9.15. The third-order valence-corrected chi connectivity index (χ3v) is 5.28. The number of rotatable bonds is 4. The summed E-state index contributed by atoms with van der Waals surface area (Å²) >= 11 is 0. The Morgan fingerprint density at radius 2 is 2.27 bits per heavy atom. The largest absolute Gasteiger partial charge is 0.465 e. The fraction of sp³-hybridized carbons (Fsp3) is 0.526. The van der Waals surface area contributed by atoms with Gasteiger partial charge in [0.25, 0.3) is 0 Å². The van der Waals surface area contributed by atoms with Crippen LogP contribution < -0.4 is 5.32 Å². The number of nitrogens with one attached hydrogen (secondary N) is 1. The quantitative estimate of drug-likeness (QED) is 0.905. The fourth-order valence-electron chi connectivity index (χ4n) is 4.03. The van der Waals surface area contributed by atoms with Gasteiger partial charge >= 0.3 is 0 Å². The number of hydrogen-bond acceptors (Lipinski definition) is 6. The molecule has 138 valence electrons. The molecule has 3 atom stereocenters. The van der Waals surface area contributed by atoms with Crippen LogP contribution in [0.5, 0.6) is 0 Å². The van der Waals surface area contributed by atoms with Gasteiger partial charge < -0.3 is 14.5 Å². The standard InChI is InChI=1S/C19H24N4O3/c1-13-2-3-14(26-13)11-23-8-4-17-16(12-23)15(5-9-25-17)19(24)22-18-10-20-6-7-21-18/h2-3,6-7,10,15-17H,4-5,8-9,11-12H2,1H3,(H,21,22,24)/t15-,16-,17-/m0/s1. The zero-order valence-electron chi connectivity index (χ0n) is 14.9. The number of piperidine rings is 1. The van der Waals surface area contributed by atoms with Crippen LogP contribution in [0.25, 0.3) is 0 Å². The average molecular weight is 356 g/mol. The van der Waals surface area contributed by atoms with Gasteiger partial charge in [0.2, 0.25) is 5.91 Å². The second-order valence-electron chi connectivity index (χ2n) is 7.08. The van der Waals surface area contributed by atoms with Gasteiger partial charge in [-0.1, -0.05) is 0 Å². The van der Waals surface area contributed by atoms with Crippen molar-refractivity contribution in [1.82, 2.24) is 14.9 Å². The van der Waals surface area contributed by atoms with E-state index in [1.54, 1.807) is 18.6 Å². The SMILES string of the molecule is Cc1ccc(CN2CC[C@@H]3OCC[C@H](C(=O)Nc4cnccn4)[C@@H]3C2)o1. The molecule has 0 radical (unpaired) electrons. The molecule has 0 aliphatic carbocycles. The number of anilines is 1. The van der Waals surface area contributed by atoms with Crippen molar-refractivity contribution >= 4 is 11.7 Å². The van der Waals surface area contributed by atoms with Crippen LogP contribution in [0.15, 0.2) is 35.1 Å². The summed E-state index contributed by atoms with van der Waals surface area (Å²) in [6, 6.07) is 4.01. The first kappa shape index (κ1) is 17.2. The van der Waals surface area contributed by atoms with Gasteiger partial charge in [-0.15, -0.1) is 0 Å². The number of carbonyl (C=O) groups excluding carboxylic acids is 1. The van der Waals surface area contributed by atoms with Crippen molar-refractivity contribution in [2.45, 2.75) is 32.4 Å². The van der Waals surface area contributed by atoms with E-state index in [0.717, 1.165) is 44.0 Å². The van der Waals surface area contributed by atoms with E-state index in [9.17, 15) is 4.79 Å². The molecule has 4 heterocycles. The lowest BCUT2D eigenvalue weighted by molar-refractivity contribution is -0.137. The van der Waals surface area contributed by atoms with E-state index in [0.29, 0.717) is 12.4 Å². The fourth-order valence-corrected chi connectivity index (χ4v) is 4.03. The third-order valence-electron chi connectivity index (χ3n) is 5.28. The van der Waals surface area contributed by atoms with Crippen molar-refractivity contribution in [3.05, 3.63) is 42.2 Å². The van der Waals surface area contributed by atoms with Gasteiger partial charge in [0.1, 0.15) is 11.5 Å². The van der Waals surface area contributed by atoms with E-state index in [4.69, 9.17) is 9.15 Å². The molecule has 7 nitrogen and oxygen atoms in total. The van der Waals surface area contributed by atoms with Gasteiger partial charge in [-0.2, -0.15) is 0 Å². The summed E-state index contributed by atoms with van der Waals surface area (Å²) in [6.07, 6.45) is 6.57. The predicted octanol–water partition coefficient (Wildman–Crippen LogP) is 2.24. The Morgan fingerprint density at radius 1 is 1.35 bits per heavy atom. The number of aromatic nitrogens is 2. The molecule has 1 amide bonds. The van der Waals surface area contributed by atoms with Crippen molar-refractivity contribution in [1.29, 1.82) is 0 Å². The Bertz CT molecular complexity index is 748. The smallest absolute Gasteiger partial charge is 0.229 e. The van der Waals surface area contributed by atoms with Crippen molar-refractivity contribution in [3.8, 4) is 0 Å². The molecule has 2 aliphatic heterocycles. The van der Waals surface area contributed by atoms with E-state index < -0.39 is 0 Å². The maximum atomic E-state index is 12.8. The zero-order chi connectivity index (χ0) is 17.9. The number of hydrogen-bond donors (Lipinski definition) is 1. The van der Waals surface area contributed by atoms with Gasteiger partial charge in [0.05, 0.1) is 18.8 Å². The lowest BCUT2D eigenvalue weighted by atomic mass is 9.79. The van der Waals surface area contributed by atoms with E-state index >= 15 is 0 Å². The van der Waals surface area contributed by atoms with Crippen LogP contribution in [0.1, 0.15) is 24.4 Å². The summed E-state index contributed by atoms with van der Waals surface area (Å²) in [5.74, 6) is 2.52. The number of aryl methyl sites for hydroxylation is 1. The number of carbonyl (C=O) groups is 1. The normalized spacial score (nSPS) is 26.3. The summed E-state index contributed by atoms with van der Waals surface area (Å²) in [4.78, 5) is 23.3. The third kappa shape index (κ3) is 3.78. The molecule has 2 aliphatic rings. The monoisotopic (exact) mass is 356 g/mol. The average Bonchev–Trinajstić information content (AvgIpc) is 3.06. The van der Waals surface area contributed by atoms with Crippen LogP contribution in [-0.4, -0.2) is 46.6 Å². The highest BCUT2D eigenvalue weighted by Crippen LogP contribution is 2.34. The Balaban J connectivity index is 1.43. The first-order chi connectivity index (χ1) is 12.7. The molecular weight excluding hydrogens is 332 g/mol. The number of amides is 1. The maximum Gasteiger partial charge on any atom is 0.229 e. The van der Waals surface area contributed by atoms with Crippen molar-refractivity contribution in [2.75, 3.05) is 25.0 Å². The molecule has 0 unspecified atom stereocenters. The minimum absolute atomic E-state index is 0.0134. The van der Waals surface area contributed by atoms with Crippen LogP contribution in [0.2, 0.25) is 0 Å². The summed E-state index contributed by atoms with van der Waals surface area (Å²) in [7, 11) is 0. The highest BCUT2D eigenvalue weighted by Gasteiger charge is 2.41. The highest BCUT2D eigenvalue weighted by atomic mass is 16.5. The lowest BCUT2D eigenvalue weighted by Gasteiger charge is -2.44. The number of fused-ring (bicyclic) bond motifs is 1. The van der Waals surface area contributed by atoms with Crippen molar-refractivity contribution in [2.24, 2.45) is 11.8 Å². The lowest BCUT2D eigenvalue weighted by Crippen LogP contribution is -2.52. The predicted molar refractivity (Wildman–Crippen MR) is 95.3 cm³/mol. The molecule has 0 bridgehead atoms. The van der Waals surface area contributed by atoms with Crippen LogP contribution in [0.3, 0.4) is 0 Å². The molecule has 4 rings (SSSR count). The minimum atomic E-state index is -0.0723. The Labute approximate surface area is 152 Å². The second-order valence-corrected chi connectivity index (χ2v) is 7.08. The summed E-state index contributed by atoms with van der Waals surface area (Å²) < 4.78 is 11.7. The second kappa shape index (κ2) is 7.55. The molecule has 7 heteroatoms. The number of ether oxygens (including phenoxy) is 1. The molecule has 0 spiro atoms. The minimum Gasteiger partial charge on any atom is -0.465 e. The molecule has 0 saturated carbocycles. The molecule has 2 aromatic rings. The molecular formula is C19H24N4O3. The van der Waals surface area contributed by atoms with Crippen molar-refractivity contribution < 1.29 is 13.9 Å². The van der Waals surface area contributed by atoms with Crippen LogP contribution in [0, 0.1) is 18.8 Å². The van der Waals surface area contributed by atoms with Crippen LogP contribution in [-0.2, 0) is 16.1 Å². The Kier molecular flexibility index (Phi) is 4.99. The topological polar surface area (TPSA) is 80.5 Å². The zero-order valence-corrected chi connectivity index (χ0v) is 14.9. The Hall–Kier alpha value is -2.25. The summed E-state index contributed by atoms with van der Waals surface area (Å²) in [5, 5.41) is 2.91. The van der Waals surface area contributed by atoms with Crippen LogP contribution in [0.4, 0.5) is 5.82 Å².